The van der Waals surface area contributed by atoms with Gasteiger partial charge in [-0.3, -0.25) is 0 Å². The minimum atomic E-state index is -1.66. The van der Waals surface area contributed by atoms with Gasteiger partial charge in [0.05, 0.1) is 0 Å². The number of carbonyl (C=O) groups excluding carboxylic acids is 1. The van der Waals surface area contributed by atoms with E-state index in [4.69, 9.17) is 14.6 Å². The zero-order chi connectivity index (χ0) is 17.2. The molecule has 0 aliphatic carbocycles. The van der Waals surface area contributed by atoms with Crippen molar-refractivity contribution < 1.29 is 13.6 Å². The van der Waals surface area contributed by atoms with Crippen LogP contribution in [0.5, 0.6) is 0 Å². The van der Waals surface area contributed by atoms with Gasteiger partial charge in [-0.15, -0.1) is 0 Å². The van der Waals surface area contributed by atoms with E-state index < -0.39 is 22.7 Å². The Morgan fingerprint density at radius 1 is 0.955 bits per heavy atom. The van der Waals surface area contributed by atoms with Crippen LogP contribution in [0.1, 0.15) is 54.4 Å². The molecule has 0 aromatic heterocycles. The molecule has 6 heteroatoms. The van der Waals surface area contributed by atoms with Crippen LogP contribution in [0.25, 0.3) is 0 Å². The molecule has 22 heavy (non-hydrogen) atoms. The van der Waals surface area contributed by atoms with Crippen LogP contribution < -0.4 is 5.73 Å². The van der Waals surface area contributed by atoms with Crippen LogP contribution in [0.4, 0.5) is 4.79 Å². The van der Waals surface area contributed by atoms with Crippen molar-refractivity contribution in [3.63, 3.8) is 0 Å². The molecule has 1 atom stereocenters. The number of primary amides is 1. The summed E-state index contributed by atoms with van der Waals surface area (Å²) in [6, 6.07) is 7.19. The summed E-state index contributed by atoms with van der Waals surface area (Å²) in [5.41, 5.74) is 5.07. The number of rotatable bonds is 12. The van der Waals surface area contributed by atoms with Gasteiger partial charge in [0, 0.05) is 0 Å². The summed E-state index contributed by atoms with van der Waals surface area (Å²) in [7, 11) is -3.20. The average Bonchev–Trinajstić information content (AvgIpc) is 2.51. The number of carbonyl (C=O) groups is 1. The smallest absolute Gasteiger partial charge is 0.404 e. The van der Waals surface area contributed by atoms with Gasteiger partial charge < -0.3 is 14.6 Å². The van der Waals surface area contributed by atoms with E-state index in [1.807, 2.05) is 6.92 Å². The Balaban J connectivity index is 4.71. The van der Waals surface area contributed by atoms with Crippen molar-refractivity contribution in [2.45, 2.75) is 96.8 Å². The maximum absolute atomic E-state index is 10.8. The van der Waals surface area contributed by atoms with Crippen molar-refractivity contribution in [2.24, 2.45) is 5.73 Å². The molecular weight excluding hydrogens is 310 g/mol. The molecule has 0 aromatic carbocycles. The molecule has 0 radical (unpaired) electrons. The molecule has 1 amide bonds. The van der Waals surface area contributed by atoms with Crippen LogP contribution in [-0.2, 0) is 8.85 Å². The third kappa shape index (κ3) is 6.83. The summed E-state index contributed by atoms with van der Waals surface area (Å²) in [5, 5.41) is 0. The molecule has 0 spiro atoms. The van der Waals surface area contributed by atoms with Crippen LogP contribution in [0.3, 0.4) is 0 Å². The molecule has 0 fully saturated rings. The highest BCUT2D eigenvalue weighted by molar-refractivity contribution is 6.87. The molecular formula is C16H37NO3Si2. The Kier molecular flexibility index (Phi) is 10.3. The van der Waals surface area contributed by atoms with Gasteiger partial charge in [0.15, 0.2) is 16.6 Å². The first-order valence-electron chi connectivity index (χ1n) is 8.98. The third-order valence-electron chi connectivity index (χ3n) is 5.22. The van der Waals surface area contributed by atoms with Gasteiger partial charge in [0.1, 0.15) is 6.10 Å². The van der Waals surface area contributed by atoms with E-state index >= 15 is 0 Å². The van der Waals surface area contributed by atoms with Crippen molar-refractivity contribution in [3.8, 4) is 0 Å². The first-order chi connectivity index (χ1) is 10.3. The fraction of sp³-hybridized carbons (Fsp3) is 0.938. The fourth-order valence-corrected chi connectivity index (χ4v) is 13.7. The lowest BCUT2D eigenvalue weighted by Gasteiger charge is -2.41. The zero-order valence-corrected chi connectivity index (χ0v) is 17.5. The van der Waals surface area contributed by atoms with E-state index in [0.29, 0.717) is 0 Å². The molecule has 0 rings (SSSR count). The maximum Gasteiger partial charge on any atom is 0.404 e. The van der Waals surface area contributed by atoms with Gasteiger partial charge in [0.25, 0.3) is 0 Å². The lowest BCUT2D eigenvalue weighted by molar-refractivity contribution is 0.111. The molecule has 132 valence electrons. The van der Waals surface area contributed by atoms with Crippen LogP contribution in [0.15, 0.2) is 0 Å². The van der Waals surface area contributed by atoms with E-state index in [1.165, 1.54) is 36.3 Å². The first kappa shape index (κ1) is 21.7. The van der Waals surface area contributed by atoms with Gasteiger partial charge in [-0.25, -0.2) is 4.79 Å². The summed E-state index contributed by atoms with van der Waals surface area (Å²) in [5.74, 6) is 0. The standard InChI is InChI=1S/C16H37NO3Si2/c1-7-21(8-2,9-3)20-22(10-4,11-5)14-12-13-15(6)19-16(17)18/h15H,7-14H2,1-6H3,(H2,17,18). The minimum absolute atomic E-state index is 0.0940. The predicted molar refractivity (Wildman–Crippen MR) is 99.2 cm³/mol. The fourth-order valence-electron chi connectivity index (χ4n) is 3.19. The molecule has 0 aromatic rings. The Morgan fingerprint density at radius 3 is 1.77 bits per heavy atom. The highest BCUT2D eigenvalue weighted by Crippen LogP contribution is 2.33. The largest absolute Gasteiger partial charge is 0.455 e. The highest BCUT2D eigenvalue weighted by atomic mass is 28.4. The van der Waals surface area contributed by atoms with E-state index in [0.717, 1.165) is 12.8 Å². The summed E-state index contributed by atoms with van der Waals surface area (Å²) in [6.45, 7) is 13.4. The number of nitrogens with two attached hydrogens (primary N) is 1. The zero-order valence-electron chi connectivity index (χ0n) is 15.5. The van der Waals surface area contributed by atoms with Gasteiger partial charge in [0.2, 0.25) is 0 Å². The number of ether oxygens (including phenoxy) is 1. The molecule has 1 unspecified atom stereocenters. The van der Waals surface area contributed by atoms with Gasteiger partial charge in [-0.2, -0.15) is 0 Å². The van der Waals surface area contributed by atoms with Crippen molar-refractivity contribution in [1.82, 2.24) is 0 Å². The van der Waals surface area contributed by atoms with Crippen molar-refractivity contribution in [3.05, 3.63) is 0 Å². The number of amides is 1. The van der Waals surface area contributed by atoms with E-state index in [9.17, 15) is 4.79 Å². The van der Waals surface area contributed by atoms with Gasteiger partial charge in [-0.1, -0.05) is 41.0 Å². The summed E-state index contributed by atoms with van der Waals surface area (Å²) < 4.78 is 12.0. The van der Waals surface area contributed by atoms with Gasteiger partial charge in [-0.05, 0) is 49.6 Å². The highest BCUT2D eigenvalue weighted by Gasteiger charge is 2.40. The molecule has 0 aliphatic rings. The topological polar surface area (TPSA) is 61.6 Å². The second-order valence-corrected chi connectivity index (χ2v) is 16.0. The Hall–Kier alpha value is -0.336. The van der Waals surface area contributed by atoms with Crippen LogP contribution in [0.2, 0.25) is 36.3 Å². The van der Waals surface area contributed by atoms with Crippen molar-refractivity contribution in [2.75, 3.05) is 0 Å². The molecule has 0 bridgehead atoms. The quantitative estimate of drug-likeness (QED) is 0.490. The molecule has 0 saturated carbocycles. The number of hydrogen-bond acceptors (Lipinski definition) is 3. The van der Waals surface area contributed by atoms with Crippen molar-refractivity contribution >= 4 is 22.7 Å². The Morgan fingerprint density at radius 2 is 1.41 bits per heavy atom. The lowest BCUT2D eigenvalue weighted by Crippen LogP contribution is -2.50. The SMILES string of the molecule is CC[Si](CC)(CC)O[Si](CC)(CC)CCCC(C)OC(N)=O. The number of hydrogen-bond donors (Lipinski definition) is 1. The second kappa shape index (κ2) is 10.4. The van der Waals surface area contributed by atoms with E-state index in [-0.39, 0.29) is 6.10 Å². The minimum Gasteiger partial charge on any atom is -0.455 e. The molecule has 0 heterocycles. The molecule has 0 aliphatic heterocycles. The molecule has 4 nitrogen and oxygen atoms in total. The third-order valence-corrected chi connectivity index (χ3v) is 16.4. The normalized spacial score (nSPS) is 13.9. The van der Waals surface area contributed by atoms with Crippen molar-refractivity contribution in [1.29, 1.82) is 0 Å². The molecule has 0 saturated heterocycles. The monoisotopic (exact) mass is 347 g/mol. The first-order valence-corrected chi connectivity index (χ1v) is 14.0. The summed E-state index contributed by atoms with van der Waals surface area (Å²) in [6.07, 6.45) is 1.17. The Labute approximate surface area is 139 Å². The Bertz CT molecular complexity index is 310. The maximum atomic E-state index is 10.8. The lowest BCUT2D eigenvalue weighted by atomic mass is 10.2. The van der Waals surface area contributed by atoms with E-state index in [1.54, 1.807) is 0 Å². The predicted octanol–water partition coefficient (Wildman–Crippen LogP) is 5.26. The summed E-state index contributed by atoms with van der Waals surface area (Å²) in [4.78, 5) is 10.8. The van der Waals surface area contributed by atoms with E-state index in [2.05, 4.69) is 34.6 Å². The van der Waals surface area contributed by atoms with Crippen LogP contribution >= 0.6 is 0 Å². The second-order valence-electron chi connectivity index (χ2n) is 6.38. The average molecular weight is 348 g/mol. The molecule has 2 N–H and O–H groups in total. The van der Waals surface area contributed by atoms with Crippen LogP contribution in [-0.4, -0.2) is 28.8 Å². The summed E-state index contributed by atoms with van der Waals surface area (Å²) >= 11 is 0. The van der Waals surface area contributed by atoms with Crippen LogP contribution in [0, 0.1) is 0 Å². The van der Waals surface area contributed by atoms with Gasteiger partial charge >= 0.3 is 6.09 Å².